The highest BCUT2D eigenvalue weighted by Crippen LogP contribution is 2.53. The molecule has 0 aliphatic heterocycles. The Morgan fingerprint density at radius 1 is 1.00 bits per heavy atom. The number of pyridine rings is 1. The number of unbranched alkanes of at least 4 members (excludes halogenated alkanes) is 2. The molecule has 0 radical (unpaired) electrons. The Morgan fingerprint density at radius 2 is 1.74 bits per heavy atom. The maximum atomic E-state index is 12.6. The van der Waals surface area contributed by atoms with Gasteiger partial charge < -0.3 is 29.9 Å². The molecule has 9 nitrogen and oxygen atoms in total. The number of hydrogen-bond acceptors (Lipinski definition) is 7. The number of aliphatic hydroxyl groups is 1. The Morgan fingerprint density at radius 3 is 2.50 bits per heavy atom. The SMILES string of the molecule is CN(CCCNCCCC[C@H](O)C(=O)O)C(=O)CCCCc1cc(Cl)c(COC2(c3cnccc3-c3ccccc3OC3CC3)CC2)cc1Cl. The van der Waals surface area contributed by atoms with Gasteiger partial charge in [-0.2, -0.15) is 0 Å². The summed E-state index contributed by atoms with van der Waals surface area (Å²) in [6.07, 6.45) is 12.1. The van der Waals surface area contributed by atoms with E-state index < -0.39 is 17.7 Å². The molecular weight excluding hydrogens is 677 g/mol. The second-order valence-electron chi connectivity index (χ2n) is 13.5. The van der Waals surface area contributed by atoms with E-state index in [0.29, 0.717) is 42.1 Å². The number of carbonyl (C=O) groups is 2. The van der Waals surface area contributed by atoms with Crippen LogP contribution in [0.3, 0.4) is 0 Å². The molecule has 2 aliphatic rings. The van der Waals surface area contributed by atoms with Crippen LogP contribution >= 0.6 is 23.2 Å². The van der Waals surface area contributed by atoms with E-state index in [1.165, 1.54) is 0 Å². The lowest BCUT2D eigenvalue weighted by Gasteiger charge is -2.22. The van der Waals surface area contributed by atoms with Crippen LogP contribution in [0.4, 0.5) is 0 Å². The molecule has 2 aromatic carbocycles. The van der Waals surface area contributed by atoms with Gasteiger partial charge in [0, 0.05) is 53.6 Å². The third-order valence-corrected chi connectivity index (χ3v) is 10.2. The van der Waals surface area contributed by atoms with Crippen LogP contribution in [0.5, 0.6) is 5.75 Å². The molecule has 3 aromatic rings. The van der Waals surface area contributed by atoms with E-state index >= 15 is 0 Å². The molecule has 2 fully saturated rings. The summed E-state index contributed by atoms with van der Waals surface area (Å²) in [6, 6.07) is 14.1. The van der Waals surface area contributed by atoms with Gasteiger partial charge in [-0.3, -0.25) is 9.78 Å². The summed E-state index contributed by atoms with van der Waals surface area (Å²) in [6.45, 7) is 2.53. The summed E-state index contributed by atoms with van der Waals surface area (Å²) in [7, 11) is 1.83. The maximum Gasteiger partial charge on any atom is 0.332 e. The number of nitrogens with zero attached hydrogens (tertiary/aromatic N) is 2. The molecule has 1 amide bonds. The summed E-state index contributed by atoms with van der Waals surface area (Å²) in [4.78, 5) is 29.5. The number of aromatic nitrogens is 1. The molecule has 2 aliphatic carbocycles. The second kappa shape index (κ2) is 18.3. The molecule has 0 unspecified atom stereocenters. The number of aryl methyl sites for hydroxylation is 1. The van der Waals surface area contributed by atoms with Gasteiger partial charge in [0.2, 0.25) is 5.91 Å². The van der Waals surface area contributed by atoms with Crippen LogP contribution in [0.1, 0.15) is 87.3 Å². The van der Waals surface area contributed by atoms with Crippen molar-refractivity contribution < 1.29 is 29.3 Å². The van der Waals surface area contributed by atoms with Crippen molar-refractivity contribution in [1.29, 1.82) is 0 Å². The fraction of sp³-hybridized carbons (Fsp3) is 0.513. The highest BCUT2D eigenvalue weighted by atomic mass is 35.5. The lowest BCUT2D eigenvalue weighted by Crippen LogP contribution is -2.30. The van der Waals surface area contributed by atoms with Crippen LogP contribution in [0.15, 0.2) is 54.9 Å². The number of halogens is 2. The van der Waals surface area contributed by atoms with Gasteiger partial charge in [0.15, 0.2) is 6.10 Å². The molecule has 0 bridgehead atoms. The van der Waals surface area contributed by atoms with Crippen LogP contribution in [0, 0.1) is 0 Å². The number of para-hydroxylation sites is 1. The summed E-state index contributed by atoms with van der Waals surface area (Å²) < 4.78 is 12.8. The Labute approximate surface area is 305 Å². The predicted octanol–water partition coefficient (Wildman–Crippen LogP) is 7.57. The van der Waals surface area contributed by atoms with Crippen molar-refractivity contribution in [3.63, 3.8) is 0 Å². The molecule has 5 rings (SSSR count). The minimum absolute atomic E-state index is 0.119. The van der Waals surface area contributed by atoms with E-state index in [2.05, 4.69) is 16.4 Å². The molecule has 270 valence electrons. The van der Waals surface area contributed by atoms with Crippen LogP contribution in [0.2, 0.25) is 10.0 Å². The molecule has 2 saturated carbocycles. The van der Waals surface area contributed by atoms with Gasteiger partial charge in [0.25, 0.3) is 0 Å². The van der Waals surface area contributed by atoms with Crippen molar-refractivity contribution in [1.82, 2.24) is 15.2 Å². The normalized spacial score (nSPS) is 15.4. The van der Waals surface area contributed by atoms with E-state index in [9.17, 15) is 14.7 Å². The number of nitrogens with one attached hydrogen (secondary N) is 1. The summed E-state index contributed by atoms with van der Waals surface area (Å²) in [5.74, 6) is -0.160. The number of amides is 1. The highest BCUT2D eigenvalue weighted by Gasteiger charge is 2.48. The van der Waals surface area contributed by atoms with E-state index in [0.717, 1.165) is 104 Å². The first-order valence-electron chi connectivity index (χ1n) is 17.8. The van der Waals surface area contributed by atoms with Crippen molar-refractivity contribution in [3.8, 4) is 16.9 Å². The van der Waals surface area contributed by atoms with Crippen LogP contribution in [0.25, 0.3) is 11.1 Å². The third-order valence-electron chi connectivity index (χ3n) is 9.46. The number of aliphatic carboxylic acids is 1. The number of benzene rings is 2. The summed E-state index contributed by atoms with van der Waals surface area (Å²) >= 11 is 13.5. The van der Waals surface area contributed by atoms with E-state index in [-0.39, 0.29) is 12.3 Å². The number of hydrogen-bond donors (Lipinski definition) is 3. The summed E-state index contributed by atoms with van der Waals surface area (Å²) in [5, 5.41) is 22.6. The summed E-state index contributed by atoms with van der Waals surface area (Å²) in [5.41, 5.74) is 4.57. The minimum atomic E-state index is -1.29. The first kappa shape index (κ1) is 38.0. The number of rotatable bonds is 22. The van der Waals surface area contributed by atoms with Gasteiger partial charge >= 0.3 is 5.97 Å². The maximum absolute atomic E-state index is 12.6. The van der Waals surface area contributed by atoms with Crippen LogP contribution in [-0.4, -0.2) is 70.9 Å². The predicted molar refractivity (Wildman–Crippen MR) is 196 cm³/mol. The molecule has 1 aromatic heterocycles. The quantitative estimate of drug-likeness (QED) is 0.0908. The number of ether oxygens (including phenoxy) is 2. The molecule has 0 spiro atoms. The van der Waals surface area contributed by atoms with Gasteiger partial charge in [0.1, 0.15) is 5.75 Å². The molecule has 3 N–H and O–H groups in total. The van der Waals surface area contributed by atoms with Gasteiger partial charge in [0.05, 0.1) is 18.3 Å². The van der Waals surface area contributed by atoms with Crippen molar-refractivity contribution in [3.05, 3.63) is 81.6 Å². The molecule has 50 heavy (non-hydrogen) atoms. The highest BCUT2D eigenvalue weighted by molar-refractivity contribution is 6.34. The lowest BCUT2D eigenvalue weighted by molar-refractivity contribution is -0.147. The zero-order valence-corrected chi connectivity index (χ0v) is 30.4. The number of carboxylic acids is 1. The van der Waals surface area contributed by atoms with E-state index in [1.807, 2.05) is 55.8 Å². The van der Waals surface area contributed by atoms with Gasteiger partial charge in [-0.1, -0.05) is 41.4 Å². The first-order chi connectivity index (χ1) is 24.2. The third kappa shape index (κ3) is 10.9. The zero-order valence-electron chi connectivity index (χ0n) is 28.8. The minimum Gasteiger partial charge on any atom is -0.490 e. The van der Waals surface area contributed by atoms with Gasteiger partial charge in [-0.15, -0.1) is 0 Å². The van der Waals surface area contributed by atoms with Crippen molar-refractivity contribution in [2.24, 2.45) is 0 Å². The lowest BCUT2D eigenvalue weighted by atomic mass is 9.96. The molecule has 0 saturated heterocycles. The van der Waals surface area contributed by atoms with Crippen LogP contribution in [-0.2, 0) is 33.0 Å². The standard InChI is InChI=1S/C39H49Cl2N3O6/c1-44(22-8-20-42-19-7-6-11-35(45)38(47)48)37(46)13-5-2-9-27-23-34(41)28(24-33(27)40)26-49-39(17-18-39)32-25-43-21-16-30(32)31-10-3-4-12-36(31)50-29-14-15-29/h3-4,10,12,16,21,23-25,29,35,42,45H,2,5-9,11,13-15,17-20,22,26H2,1H3,(H,47,48)/t35-/m0/s1. The van der Waals surface area contributed by atoms with E-state index in [1.54, 1.807) is 4.90 Å². The fourth-order valence-electron chi connectivity index (χ4n) is 6.09. The fourth-order valence-corrected chi connectivity index (χ4v) is 6.61. The Balaban J connectivity index is 1.04. The topological polar surface area (TPSA) is 121 Å². The van der Waals surface area contributed by atoms with Crippen molar-refractivity contribution in [2.75, 3.05) is 26.7 Å². The van der Waals surface area contributed by atoms with Gasteiger partial charge in [-0.25, -0.2) is 4.79 Å². The molecule has 11 heteroatoms. The van der Waals surface area contributed by atoms with Crippen LogP contribution < -0.4 is 10.1 Å². The first-order valence-corrected chi connectivity index (χ1v) is 18.6. The molecule has 1 atom stereocenters. The number of carbonyl (C=O) groups excluding carboxylic acids is 1. The monoisotopic (exact) mass is 725 g/mol. The van der Waals surface area contributed by atoms with E-state index in [4.69, 9.17) is 37.8 Å². The van der Waals surface area contributed by atoms with Gasteiger partial charge in [-0.05, 0) is 125 Å². The van der Waals surface area contributed by atoms with Crippen molar-refractivity contribution >= 4 is 35.1 Å². The Hall–Kier alpha value is -3.21. The smallest absolute Gasteiger partial charge is 0.332 e. The zero-order chi connectivity index (χ0) is 35.5. The average molecular weight is 727 g/mol. The van der Waals surface area contributed by atoms with Crippen molar-refractivity contribution in [2.45, 2.75) is 101 Å². The Bertz CT molecular complexity index is 1600. The second-order valence-corrected chi connectivity index (χ2v) is 14.3. The largest absolute Gasteiger partial charge is 0.490 e. The number of aliphatic hydroxyl groups excluding tert-OH is 1. The molecular formula is C39H49Cl2N3O6. The number of carboxylic acid groups (broad SMARTS) is 1. The average Bonchev–Trinajstić information content (AvgIpc) is 4.06. The molecule has 1 heterocycles. The Kier molecular flexibility index (Phi) is 13.9.